The number of hydrogen-bond donors (Lipinski definition) is 1. The summed E-state index contributed by atoms with van der Waals surface area (Å²) in [6, 6.07) is 15.8. The van der Waals surface area contributed by atoms with Crippen molar-refractivity contribution in [2.45, 2.75) is 6.92 Å². The van der Waals surface area contributed by atoms with Crippen LogP contribution in [0.15, 0.2) is 82.0 Å². The van der Waals surface area contributed by atoms with Gasteiger partial charge in [0.15, 0.2) is 5.43 Å². The highest BCUT2D eigenvalue weighted by atomic mass is 16.5. The smallest absolute Gasteiger partial charge is 0.338 e. The Morgan fingerprint density at radius 3 is 2.50 bits per heavy atom. The van der Waals surface area contributed by atoms with Gasteiger partial charge in [-0.25, -0.2) is 9.59 Å². The first-order chi connectivity index (χ1) is 14.3. The molecule has 2 aromatic rings. The molecule has 2 aromatic carbocycles. The molecule has 1 heterocycles. The summed E-state index contributed by atoms with van der Waals surface area (Å²) < 4.78 is 11.2. The molecule has 0 radical (unpaired) electrons. The average Bonchev–Trinajstić information content (AvgIpc) is 2.71. The van der Waals surface area contributed by atoms with E-state index in [1.54, 1.807) is 36.4 Å². The summed E-state index contributed by atoms with van der Waals surface area (Å²) in [5.74, 6) is -1.10. The van der Waals surface area contributed by atoms with E-state index in [0.29, 0.717) is 33.4 Å². The molecular formula is C24H16O6. The number of carbonyl (C=O) groups excluding carboxylic acids is 1. The molecule has 0 spiro atoms. The van der Waals surface area contributed by atoms with Crippen LogP contribution in [0, 0.1) is 0 Å². The highest BCUT2D eigenvalue weighted by Crippen LogP contribution is 2.41. The molecule has 0 atom stereocenters. The predicted octanol–water partition coefficient (Wildman–Crippen LogP) is 4.74. The van der Waals surface area contributed by atoms with Crippen molar-refractivity contribution in [3.8, 4) is 28.2 Å². The van der Waals surface area contributed by atoms with Gasteiger partial charge >= 0.3 is 11.9 Å². The number of benzene rings is 3. The Hall–Kier alpha value is -4.19. The number of carboxylic acids is 1. The minimum Gasteiger partial charge on any atom is -0.478 e. The number of carbonyl (C=O) groups is 2. The second kappa shape index (κ2) is 7.33. The zero-order valence-corrected chi connectivity index (χ0v) is 16.0. The Balaban J connectivity index is 2.05. The van der Waals surface area contributed by atoms with E-state index in [1.807, 2.05) is 0 Å². The maximum atomic E-state index is 11.9. The average molecular weight is 400 g/mol. The van der Waals surface area contributed by atoms with Crippen molar-refractivity contribution >= 4 is 22.9 Å². The van der Waals surface area contributed by atoms with Crippen LogP contribution in [-0.2, 0) is 4.79 Å². The summed E-state index contributed by atoms with van der Waals surface area (Å²) in [7, 11) is 0. The van der Waals surface area contributed by atoms with Gasteiger partial charge in [-0.1, -0.05) is 24.8 Å². The van der Waals surface area contributed by atoms with Gasteiger partial charge in [0.25, 0.3) is 0 Å². The molecular weight excluding hydrogens is 384 g/mol. The first-order valence-corrected chi connectivity index (χ1v) is 9.06. The lowest BCUT2D eigenvalue weighted by Gasteiger charge is -2.17. The van der Waals surface area contributed by atoms with Gasteiger partial charge in [0.05, 0.1) is 5.56 Å². The van der Waals surface area contributed by atoms with Gasteiger partial charge in [-0.15, -0.1) is 0 Å². The Kier molecular flexibility index (Phi) is 4.68. The van der Waals surface area contributed by atoms with Crippen molar-refractivity contribution in [3.05, 3.63) is 88.6 Å². The third-order valence-corrected chi connectivity index (χ3v) is 4.65. The van der Waals surface area contributed by atoms with Crippen LogP contribution >= 0.6 is 0 Å². The fraction of sp³-hybridized carbons (Fsp3) is 0.0417. The standard InChI is InChI=1S/C24H16O6/c1-13(2)24(28)29-15-8-10-19-21(12-15)30-20-11-14(25)7-9-18(20)22(19)16-5-3-4-6-17(16)23(26)27/h3-12H,1H2,2H3,(H,26,27). The van der Waals surface area contributed by atoms with E-state index in [2.05, 4.69) is 6.58 Å². The molecule has 0 bridgehead atoms. The van der Waals surface area contributed by atoms with E-state index in [4.69, 9.17) is 9.15 Å². The van der Waals surface area contributed by atoms with Crippen molar-refractivity contribution in [1.29, 1.82) is 0 Å². The number of fused-ring (bicyclic) bond motifs is 2. The molecule has 6 nitrogen and oxygen atoms in total. The molecule has 2 aliphatic rings. The van der Waals surface area contributed by atoms with Crippen molar-refractivity contribution in [1.82, 2.24) is 0 Å². The van der Waals surface area contributed by atoms with Gasteiger partial charge in [0, 0.05) is 34.2 Å². The van der Waals surface area contributed by atoms with Gasteiger partial charge in [-0.3, -0.25) is 4.79 Å². The molecule has 0 unspecified atom stereocenters. The highest BCUT2D eigenvalue weighted by Gasteiger charge is 2.21. The molecule has 1 aliphatic heterocycles. The Morgan fingerprint density at radius 1 is 1.00 bits per heavy atom. The first-order valence-electron chi connectivity index (χ1n) is 9.06. The third-order valence-electron chi connectivity index (χ3n) is 4.65. The summed E-state index contributed by atoms with van der Waals surface area (Å²) in [4.78, 5) is 35.6. The zero-order valence-electron chi connectivity index (χ0n) is 16.0. The van der Waals surface area contributed by atoms with Crippen molar-refractivity contribution < 1.29 is 23.8 Å². The normalized spacial score (nSPS) is 10.8. The summed E-state index contributed by atoms with van der Waals surface area (Å²) in [6.45, 7) is 5.10. The highest BCUT2D eigenvalue weighted by molar-refractivity contribution is 6.07. The minimum atomic E-state index is -1.07. The molecule has 0 saturated carbocycles. The largest absolute Gasteiger partial charge is 0.478 e. The number of esters is 1. The topological polar surface area (TPSA) is 93.8 Å². The third kappa shape index (κ3) is 3.35. The number of ether oxygens (including phenoxy) is 1. The molecule has 148 valence electrons. The second-order valence-electron chi connectivity index (χ2n) is 6.81. The van der Waals surface area contributed by atoms with Gasteiger partial charge in [-0.2, -0.15) is 0 Å². The molecule has 4 rings (SSSR count). The quantitative estimate of drug-likeness (QED) is 0.230. The van der Waals surface area contributed by atoms with Crippen LogP contribution in [0.2, 0.25) is 0 Å². The van der Waals surface area contributed by atoms with Crippen LogP contribution < -0.4 is 10.2 Å². The SMILES string of the molecule is C=C(C)C(=O)Oc1ccc2c(-c3ccccc3C(=O)O)c3ccc(=O)cc-3oc2c1. The van der Waals surface area contributed by atoms with Gasteiger partial charge in [-0.05, 0) is 42.8 Å². The van der Waals surface area contributed by atoms with Crippen LogP contribution in [0.1, 0.15) is 17.3 Å². The minimum absolute atomic E-state index is 0.121. The Morgan fingerprint density at radius 2 is 1.77 bits per heavy atom. The predicted molar refractivity (Wildman–Crippen MR) is 112 cm³/mol. The summed E-state index contributed by atoms with van der Waals surface area (Å²) >= 11 is 0. The second-order valence-corrected chi connectivity index (χ2v) is 6.81. The molecule has 6 heteroatoms. The monoisotopic (exact) mass is 400 g/mol. The summed E-state index contributed by atoms with van der Waals surface area (Å²) in [6.07, 6.45) is 0. The maximum absolute atomic E-state index is 11.9. The lowest BCUT2D eigenvalue weighted by atomic mass is 9.91. The fourth-order valence-electron chi connectivity index (χ4n) is 3.29. The first kappa shape index (κ1) is 19.1. The van der Waals surface area contributed by atoms with E-state index in [1.165, 1.54) is 31.2 Å². The van der Waals surface area contributed by atoms with E-state index in [9.17, 15) is 19.5 Å². The molecule has 0 aromatic heterocycles. The summed E-state index contributed by atoms with van der Waals surface area (Å²) in [5, 5.41) is 10.3. The Labute approximate surface area is 171 Å². The maximum Gasteiger partial charge on any atom is 0.338 e. The Bertz CT molecular complexity index is 1360. The van der Waals surface area contributed by atoms with Crippen LogP contribution in [0.25, 0.3) is 33.4 Å². The number of aromatic carboxylic acids is 1. The van der Waals surface area contributed by atoms with Crippen LogP contribution in [-0.4, -0.2) is 17.0 Å². The number of carboxylic acid groups (broad SMARTS) is 1. The van der Waals surface area contributed by atoms with Crippen molar-refractivity contribution in [2.24, 2.45) is 0 Å². The van der Waals surface area contributed by atoms with Crippen LogP contribution in [0.4, 0.5) is 0 Å². The van der Waals surface area contributed by atoms with Crippen molar-refractivity contribution in [3.63, 3.8) is 0 Å². The number of rotatable bonds is 4. The molecule has 30 heavy (non-hydrogen) atoms. The molecule has 0 saturated heterocycles. The van der Waals surface area contributed by atoms with E-state index in [0.717, 1.165) is 0 Å². The fourth-order valence-corrected chi connectivity index (χ4v) is 3.29. The van der Waals surface area contributed by atoms with Gasteiger partial charge in [0.2, 0.25) is 0 Å². The van der Waals surface area contributed by atoms with Crippen LogP contribution in [0.5, 0.6) is 5.75 Å². The molecule has 0 amide bonds. The molecule has 1 aliphatic carbocycles. The molecule has 1 N–H and O–H groups in total. The lowest BCUT2D eigenvalue weighted by molar-refractivity contribution is -0.130. The molecule has 0 fully saturated rings. The number of hydrogen-bond acceptors (Lipinski definition) is 5. The lowest BCUT2D eigenvalue weighted by Crippen LogP contribution is -2.08. The van der Waals surface area contributed by atoms with Crippen molar-refractivity contribution in [2.75, 3.05) is 0 Å². The van der Waals surface area contributed by atoms with Gasteiger partial charge < -0.3 is 14.3 Å². The zero-order chi connectivity index (χ0) is 21.4. The van der Waals surface area contributed by atoms with E-state index >= 15 is 0 Å². The van der Waals surface area contributed by atoms with Gasteiger partial charge in [0.1, 0.15) is 17.1 Å². The van der Waals surface area contributed by atoms with E-state index in [-0.39, 0.29) is 22.3 Å². The van der Waals surface area contributed by atoms with Crippen LogP contribution in [0.3, 0.4) is 0 Å². The summed E-state index contributed by atoms with van der Waals surface area (Å²) in [5.41, 5.74) is 2.17. The van der Waals surface area contributed by atoms with E-state index < -0.39 is 11.9 Å².